The van der Waals surface area contributed by atoms with Crippen LogP contribution >= 0.6 is 0 Å². The Hall–Kier alpha value is -2.95. The first kappa shape index (κ1) is 21.8. The van der Waals surface area contributed by atoms with Crippen molar-refractivity contribution in [1.29, 1.82) is 0 Å². The Labute approximate surface area is 177 Å². The number of nitrogens with zero attached hydrogens (tertiary/aromatic N) is 1. The summed E-state index contributed by atoms with van der Waals surface area (Å²) < 4.78 is 5.35. The van der Waals surface area contributed by atoms with Crippen LogP contribution in [0.3, 0.4) is 0 Å². The topological polar surface area (TPSA) is 72.2 Å². The molecule has 1 heterocycles. The first-order valence-corrected chi connectivity index (χ1v) is 11.0. The highest BCUT2D eigenvalue weighted by atomic mass is 16.4. The highest BCUT2D eigenvalue weighted by molar-refractivity contribution is 5.90. The molecule has 1 N–H and O–H groups in total. The zero-order valence-corrected chi connectivity index (χ0v) is 17.7. The van der Waals surface area contributed by atoms with Crippen molar-refractivity contribution in [2.24, 2.45) is 0 Å². The fourth-order valence-electron chi connectivity index (χ4n) is 3.48. The maximum absolute atomic E-state index is 12.1. The zero-order valence-electron chi connectivity index (χ0n) is 17.7. The molecule has 5 nitrogen and oxygen atoms in total. The number of nitrogens with one attached hydrogen (secondary N) is 1. The number of fused-ring (bicyclic) bond motifs is 1. The van der Waals surface area contributed by atoms with Crippen LogP contribution in [-0.4, -0.2) is 10.9 Å². The van der Waals surface area contributed by atoms with Crippen molar-refractivity contribution in [3.63, 3.8) is 0 Å². The molecule has 0 aliphatic heterocycles. The van der Waals surface area contributed by atoms with E-state index in [4.69, 9.17) is 4.42 Å². The number of amides is 1. The maximum atomic E-state index is 12.1. The minimum atomic E-state index is -0.404. The first-order valence-electron chi connectivity index (χ1n) is 11.0. The number of carbonyl (C=O) groups is 1. The molecule has 30 heavy (non-hydrogen) atoms. The third-order valence-electron chi connectivity index (χ3n) is 5.21. The van der Waals surface area contributed by atoms with Gasteiger partial charge in [0.2, 0.25) is 11.8 Å². The van der Waals surface area contributed by atoms with E-state index in [1.807, 2.05) is 6.07 Å². The van der Waals surface area contributed by atoms with E-state index in [0.717, 1.165) is 18.5 Å². The monoisotopic (exact) mass is 406 g/mol. The molecule has 0 atom stereocenters. The van der Waals surface area contributed by atoms with Crippen LogP contribution in [0.5, 0.6) is 0 Å². The average Bonchev–Trinajstić information content (AvgIpc) is 2.76. The minimum absolute atomic E-state index is 0.0316. The molecule has 0 bridgehead atoms. The van der Waals surface area contributed by atoms with Crippen LogP contribution in [0.25, 0.3) is 22.4 Å². The summed E-state index contributed by atoms with van der Waals surface area (Å²) >= 11 is 0. The lowest BCUT2D eigenvalue weighted by molar-refractivity contribution is -0.116. The average molecular weight is 407 g/mol. The fraction of sp³-hybridized carbons (Fsp3) is 0.400. The van der Waals surface area contributed by atoms with Gasteiger partial charge in [-0.15, -0.1) is 0 Å². The van der Waals surface area contributed by atoms with Gasteiger partial charge >= 0.3 is 5.63 Å². The standard InChI is InChI=1S/C25H30N2O3/c1-2-3-4-5-6-7-8-9-14-23(28)26-20-17-15-19(16-18-20)24-27-22-13-11-10-12-21(22)25(29)30-24/h10-13,15-18H,2-9,14H2,1H3,(H,26,28). The zero-order chi connectivity index (χ0) is 21.2. The number of hydrogen-bond donors (Lipinski definition) is 1. The van der Waals surface area contributed by atoms with Crippen molar-refractivity contribution >= 4 is 22.5 Å². The second-order valence-corrected chi connectivity index (χ2v) is 7.67. The number of carbonyl (C=O) groups excluding carboxylic acids is 1. The van der Waals surface area contributed by atoms with Gasteiger partial charge in [0.25, 0.3) is 0 Å². The van der Waals surface area contributed by atoms with E-state index in [0.29, 0.717) is 22.9 Å². The molecular formula is C25H30N2O3. The molecule has 0 aliphatic rings. The molecular weight excluding hydrogens is 376 g/mol. The Morgan fingerprint density at radius 3 is 2.30 bits per heavy atom. The molecule has 1 amide bonds. The second-order valence-electron chi connectivity index (χ2n) is 7.67. The van der Waals surface area contributed by atoms with Gasteiger partial charge in [0, 0.05) is 17.7 Å². The molecule has 0 aliphatic carbocycles. The van der Waals surface area contributed by atoms with Crippen LogP contribution in [0.4, 0.5) is 5.69 Å². The van der Waals surface area contributed by atoms with Gasteiger partial charge in [-0.25, -0.2) is 9.78 Å². The predicted molar refractivity (Wildman–Crippen MR) is 122 cm³/mol. The highest BCUT2D eigenvalue weighted by Crippen LogP contribution is 2.21. The molecule has 3 rings (SSSR count). The van der Waals surface area contributed by atoms with Gasteiger partial charge < -0.3 is 9.73 Å². The summed E-state index contributed by atoms with van der Waals surface area (Å²) in [6.45, 7) is 2.23. The quantitative estimate of drug-likeness (QED) is 0.378. The van der Waals surface area contributed by atoms with Gasteiger partial charge in [0.05, 0.1) is 10.9 Å². The Morgan fingerprint density at radius 1 is 0.900 bits per heavy atom. The SMILES string of the molecule is CCCCCCCCCCC(=O)Nc1ccc(-c2nc3ccccc3c(=O)o2)cc1. The van der Waals surface area contributed by atoms with Crippen molar-refractivity contribution in [3.8, 4) is 11.5 Å². The normalized spacial score (nSPS) is 11.0. The van der Waals surface area contributed by atoms with Gasteiger partial charge in [-0.1, -0.05) is 64.0 Å². The summed E-state index contributed by atoms with van der Waals surface area (Å²) in [7, 11) is 0. The van der Waals surface area contributed by atoms with Crippen LogP contribution in [0.2, 0.25) is 0 Å². The second kappa shape index (κ2) is 11.3. The van der Waals surface area contributed by atoms with Gasteiger partial charge in [-0.3, -0.25) is 4.79 Å². The van der Waals surface area contributed by atoms with Crippen molar-refractivity contribution in [1.82, 2.24) is 4.98 Å². The number of anilines is 1. The van der Waals surface area contributed by atoms with E-state index in [1.165, 1.54) is 38.5 Å². The molecule has 0 fully saturated rings. The van der Waals surface area contributed by atoms with Crippen LogP contribution < -0.4 is 10.9 Å². The molecule has 0 saturated heterocycles. The van der Waals surface area contributed by atoms with Crippen LogP contribution in [0.15, 0.2) is 57.7 Å². The van der Waals surface area contributed by atoms with E-state index in [2.05, 4.69) is 17.2 Å². The van der Waals surface area contributed by atoms with Crippen LogP contribution in [0, 0.1) is 0 Å². The van der Waals surface area contributed by atoms with E-state index < -0.39 is 5.63 Å². The van der Waals surface area contributed by atoms with Crippen molar-refractivity contribution in [2.45, 2.75) is 64.7 Å². The van der Waals surface area contributed by atoms with Gasteiger partial charge in [0.1, 0.15) is 0 Å². The predicted octanol–water partition coefficient (Wildman–Crippen LogP) is 6.32. The molecule has 2 aromatic carbocycles. The minimum Gasteiger partial charge on any atom is -0.403 e. The number of aromatic nitrogens is 1. The van der Waals surface area contributed by atoms with Crippen molar-refractivity contribution < 1.29 is 9.21 Å². The van der Waals surface area contributed by atoms with E-state index in [-0.39, 0.29) is 11.8 Å². The third-order valence-corrected chi connectivity index (χ3v) is 5.21. The van der Waals surface area contributed by atoms with Gasteiger partial charge in [-0.2, -0.15) is 0 Å². The van der Waals surface area contributed by atoms with Crippen LogP contribution in [0.1, 0.15) is 64.7 Å². The van der Waals surface area contributed by atoms with Gasteiger partial charge in [0.15, 0.2) is 0 Å². The molecule has 0 radical (unpaired) electrons. The number of rotatable bonds is 11. The number of unbranched alkanes of at least 4 members (excludes halogenated alkanes) is 7. The summed E-state index contributed by atoms with van der Waals surface area (Å²) in [5.41, 5.74) is 1.62. The largest absolute Gasteiger partial charge is 0.403 e. The molecule has 0 spiro atoms. The lowest BCUT2D eigenvalue weighted by atomic mass is 10.1. The summed E-state index contributed by atoms with van der Waals surface area (Å²) in [4.78, 5) is 28.7. The maximum Gasteiger partial charge on any atom is 0.347 e. The fourth-order valence-corrected chi connectivity index (χ4v) is 3.48. The van der Waals surface area contributed by atoms with E-state index in [1.54, 1.807) is 42.5 Å². The molecule has 3 aromatic rings. The first-order chi connectivity index (χ1) is 14.7. The number of para-hydroxylation sites is 1. The number of benzene rings is 2. The molecule has 1 aromatic heterocycles. The lowest BCUT2D eigenvalue weighted by Gasteiger charge is -2.07. The Bertz CT molecular complexity index is 1010. The summed E-state index contributed by atoms with van der Waals surface area (Å²) in [5.74, 6) is 0.305. The Balaban J connectivity index is 1.48. The molecule has 0 unspecified atom stereocenters. The van der Waals surface area contributed by atoms with E-state index >= 15 is 0 Å². The molecule has 158 valence electrons. The summed E-state index contributed by atoms with van der Waals surface area (Å²) in [6.07, 6.45) is 10.3. The lowest BCUT2D eigenvalue weighted by Crippen LogP contribution is -2.11. The van der Waals surface area contributed by atoms with Crippen LogP contribution in [-0.2, 0) is 4.79 Å². The van der Waals surface area contributed by atoms with Crippen molar-refractivity contribution in [3.05, 3.63) is 59.0 Å². The van der Waals surface area contributed by atoms with Crippen molar-refractivity contribution in [2.75, 3.05) is 5.32 Å². The Morgan fingerprint density at radius 2 is 1.57 bits per heavy atom. The van der Waals surface area contributed by atoms with Gasteiger partial charge in [-0.05, 0) is 42.8 Å². The Kier molecular flexibility index (Phi) is 8.19. The molecule has 5 heteroatoms. The third kappa shape index (κ3) is 6.28. The summed E-state index contributed by atoms with van der Waals surface area (Å²) in [5, 5.41) is 3.39. The smallest absolute Gasteiger partial charge is 0.347 e. The number of hydrogen-bond acceptors (Lipinski definition) is 4. The highest BCUT2D eigenvalue weighted by Gasteiger charge is 2.09. The van der Waals surface area contributed by atoms with E-state index in [9.17, 15) is 9.59 Å². The summed E-state index contributed by atoms with van der Waals surface area (Å²) in [6, 6.07) is 14.3. The molecule has 0 saturated carbocycles.